The van der Waals surface area contributed by atoms with Crippen LogP contribution in [0.1, 0.15) is 48.9 Å². The summed E-state index contributed by atoms with van der Waals surface area (Å²) in [5.41, 5.74) is 5.23. The van der Waals surface area contributed by atoms with Crippen LogP contribution in [-0.4, -0.2) is 34.3 Å². The summed E-state index contributed by atoms with van der Waals surface area (Å²) in [6.45, 7) is 7.76. The number of rotatable bonds is 5. The highest BCUT2D eigenvalue weighted by molar-refractivity contribution is 5.69. The lowest BCUT2D eigenvalue weighted by atomic mass is 9.77. The molecule has 2 aliphatic rings. The van der Waals surface area contributed by atoms with Gasteiger partial charge >= 0.3 is 0 Å². The maximum atomic E-state index is 9.13. The third-order valence-electron chi connectivity index (χ3n) is 6.81. The second kappa shape index (κ2) is 10.2. The van der Waals surface area contributed by atoms with Gasteiger partial charge in [-0.05, 0) is 49.1 Å². The molecule has 0 aromatic heterocycles. The smallest absolute Gasteiger partial charge is 0.168 e. The molecule has 0 saturated carbocycles. The number of nitriles is 2. The standard InChI is InChI=1S/C27H29N4.BrH/c1-27(2)25(17-21-5-7-22(18-28)8-6-21)26(30-14-3-4-15-30)13-16-31(27)20-24-11-9-23(19-29)10-12-24;/h5-13,16,25H,3-4,14-15,17,20H2,1-2H3;1H/q+1;/p-1. The van der Waals surface area contributed by atoms with Crippen molar-refractivity contribution in [1.82, 2.24) is 4.90 Å². The van der Waals surface area contributed by atoms with E-state index < -0.39 is 0 Å². The highest BCUT2D eigenvalue weighted by atomic mass is 79.9. The Hall–Kier alpha value is -2.89. The minimum Gasteiger partial charge on any atom is -1.00 e. The largest absolute Gasteiger partial charge is 1.00 e. The molecule has 164 valence electrons. The maximum Gasteiger partial charge on any atom is 0.168 e. The van der Waals surface area contributed by atoms with Gasteiger partial charge in [-0.1, -0.05) is 24.3 Å². The van der Waals surface area contributed by atoms with Gasteiger partial charge in [0.2, 0.25) is 0 Å². The molecule has 0 radical (unpaired) electrons. The first-order chi connectivity index (χ1) is 15.0. The molecule has 1 saturated heterocycles. The fourth-order valence-corrected chi connectivity index (χ4v) is 4.78. The third-order valence-corrected chi connectivity index (χ3v) is 6.81. The molecule has 4 nitrogen and oxygen atoms in total. The van der Waals surface area contributed by atoms with Crippen LogP contribution in [0.15, 0.2) is 60.3 Å². The Kier molecular flexibility index (Phi) is 7.54. The molecule has 4 rings (SSSR count). The summed E-state index contributed by atoms with van der Waals surface area (Å²) in [5.74, 6) is 0.349. The number of hydrogen-bond acceptors (Lipinski definition) is 3. The zero-order chi connectivity index (χ0) is 21.8. The second-order valence-corrected chi connectivity index (χ2v) is 9.09. The summed E-state index contributed by atoms with van der Waals surface area (Å²) in [6.07, 6.45) is 8.03. The molecule has 2 heterocycles. The van der Waals surface area contributed by atoms with Gasteiger partial charge in [-0.25, -0.2) is 4.58 Å². The van der Waals surface area contributed by atoms with Crippen molar-refractivity contribution in [1.29, 1.82) is 10.5 Å². The molecule has 2 aromatic rings. The third kappa shape index (κ3) is 4.95. The van der Waals surface area contributed by atoms with Crippen LogP contribution in [0, 0.1) is 28.6 Å². The molecular formula is C27H29BrN4. The van der Waals surface area contributed by atoms with Crippen LogP contribution in [0.25, 0.3) is 0 Å². The minimum atomic E-state index is -0.0749. The van der Waals surface area contributed by atoms with Crippen molar-refractivity contribution < 1.29 is 21.6 Å². The van der Waals surface area contributed by atoms with Crippen LogP contribution in [-0.2, 0) is 13.0 Å². The fourth-order valence-electron chi connectivity index (χ4n) is 4.78. The summed E-state index contributed by atoms with van der Waals surface area (Å²) in [4.78, 5) is 2.56. The summed E-state index contributed by atoms with van der Waals surface area (Å²) in [6, 6.07) is 20.3. The number of nitrogens with zero attached hydrogens (tertiary/aromatic N) is 4. The van der Waals surface area contributed by atoms with E-state index in [-0.39, 0.29) is 22.5 Å². The molecule has 0 bridgehead atoms. The lowest BCUT2D eigenvalue weighted by Gasteiger charge is -2.39. The molecule has 0 spiro atoms. The van der Waals surface area contributed by atoms with E-state index >= 15 is 0 Å². The van der Waals surface area contributed by atoms with Gasteiger partial charge in [0.1, 0.15) is 0 Å². The van der Waals surface area contributed by atoms with Crippen LogP contribution in [0.3, 0.4) is 0 Å². The van der Waals surface area contributed by atoms with E-state index in [1.807, 2.05) is 24.3 Å². The van der Waals surface area contributed by atoms with E-state index in [0.717, 1.165) is 26.1 Å². The van der Waals surface area contributed by atoms with Crippen molar-refractivity contribution >= 4 is 6.21 Å². The quantitative estimate of drug-likeness (QED) is 0.601. The second-order valence-electron chi connectivity index (χ2n) is 9.09. The van der Waals surface area contributed by atoms with Gasteiger partial charge in [-0.15, -0.1) is 0 Å². The van der Waals surface area contributed by atoms with Crippen molar-refractivity contribution in [3.05, 3.63) is 82.6 Å². The average Bonchev–Trinajstić information content (AvgIpc) is 3.32. The first-order valence-corrected chi connectivity index (χ1v) is 11.1. The number of halogens is 1. The number of hydrogen-bond donors (Lipinski definition) is 0. The Labute approximate surface area is 201 Å². The first kappa shape index (κ1) is 23.8. The van der Waals surface area contributed by atoms with Crippen molar-refractivity contribution in [3.8, 4) is 12.1 Å². The van der Waals surface area contributed by atoms with Crippen LogP contribution in [0.5, 0.6) is 0 Å². The Bertz CT molecular complexity index is 1080. The Balaban J connectivity index is 0.00000289. The number of benzene rings is 2. The highest BCUT2D eigenvalue weighted by Crippen LogP contribution is 2.37. The zero-order valence-electron chi connectivity index (χ0n) is 18.8. The predicted molar refractivity (Wildman–Crippen MR) is 123 cm³/mol. The molecule has 1 unspecified atom stereocenters. The number of allylic oxidation sites excluding steroid dienone is 1. The predicted octanol–water partition coefficient (Wildman–Crippen LogP) is 1.65. The summed E-state index contributed by atoms with van der Waals surface area (Å²) in [7, 11) is 0. The highest BCUT2D eigenvalue weighted by Gasteiger charge is 2.45. The van der Waals surface area contributed by atoms with Gasteiger partial charge in [0, 0.05) is 44.3 Å². The molecule has 0 amide bonds. The van der Waals surface area contributed by atoms with Gasteiger partial charge in [0.05, 0.1) is 29.2 Å². The molecule has 32 heavy (non-hydrogen) atoms. The Morgan fingerprint density at radius 3 is 1.97 bits per heavy atom. The van der Waals surface area contributed by atoms with Crippen LogP contribution in [0.2, 0.25) is 0 Å². The van der Waals surface area contributed by atoms with Gasteiger partial charge in [0.25, 0.3) is 0 Å². The summed E-state index contributed by atoms with van der Waals surface area (Å²) in [5, 5.41) is 18.2. The van der Waals surface area contributed by atoms with Crippen LogP contribution < -0.4 is 17.0 Å². The summed E-state index contributed by atoms with van der Waals surface area (Å²) < 4.78 is 2.43. The van der Waals surface area contributed by atoms with Crippen LogP contribution in [0.4, 0.5) is 0 Å². The minimum absolute atomic E-state index is 0. The first-order valence-electron chi connectivity index (χ1n) is 11.1. The molecule has 0 N–H and O–H groups in total. The van der Waals surface area contributed by atoms with E-state index in [4.69, 9.17) is 10.5 Å². The summed E-state index contributed by atoms with van der Waals surface area (Å²) >= 11 is 0. The zero-order valence-corrected chi connectivity index (χ0v) is 20.3. The Morgan fingerprint density at radius 1 is 0.906 bits per heavy atom. The van der Waals surface area contributed by atoms with Crippen molar-refractivity contribution in [2.45, 2.75) is 45.2 Å². The lowest BCUT2D eigenvalue weighted by molar-refractivity contribution is -0.621. The molecule has 0 aliphatic carbocycles. The molecule has 1 atom stereocenters. The van der Waals surface area contributed by atoms with Crippen LogP contribution >= 0.6 is 0 Å². The van der Waals surface area contributed by atoms with Gasteiger partial charge < -0.3 is 21.9 Å². The normalized spacial score (nSPS) is 19.2. The lowest BCUT2D eigenvalue weighted by Crippen LogP contribution is -3.00. The van der Waals surface area contributed by atoms with E-state index in [1.165, 1.54) is 29.7 Å². The SMILES string of the molecule is CC1(C)C(Cc2ccc(C#N)cc2)C(N2CCCC2)=CC=[N+]1Cc1ccc(C#N)cc1.[Br-]. The molecular weight excluding hydrogens is 460 g/mol. The molecule has 2 aliphatic heterocycles. The monoisotopic (exact) mass is 488 g/mol. The fraction of sp³-hybridized carbons (Fsp3) is 0.370. The van der Waals surface area contributed by atoms with Crippen molar-refractivity contribution in [2.75, 3.05) is 13.1 Å². The topological polar surface area (TPSA) is 53.8 Å². The van der Waals surface area contributed by atoms with Gasteiger partial charge in [0.15, 0.2) is 18.3 Å². The maximum absolute atomic E-state index is 9.13. The number of likely N-dealkylation sites (tertiary alicyclic amines) is 1. The van der Waals surface area contributed by atoms with E-state index in [0.29, 0.717) is 17.0 Å². The van der Waals surface area contributed by atoms with Crippen molar-refractivity contribution in [3.63, 3.8) is 0 Å². The molecule has 5 heteroatoms. The van der Waals surface area contributed by atoms with Gasteiger partial charge in [-0.2, -0.15) is 10.5 Å². The van der Waals surface area contributed by atoms with Gasteiger partial charge in [-0.3, -0.25) is 0 Å². The van der Waals surface area contributed by atoms with E-state index in [9.17, 15) is 0 Å². The molecule has 1 fully saturated rings. The van der Waals surface area contributed by atoms with E-state index in [2.05, 4.69) is 72.0 Å². The van der Waals surface area contributed by atoms with Crippen molar-refractivity contribution in [2.24, 2.45) is 5.92 Å². The molecule has 2 aromatic carbocycles. The Morgan fingerprint density at radius 2 is 1.44 bits per heavy atom. The average molecular weight is 489 g/mol. The van der Waals surface area contributed by atoms with E-state index in [1.54, 1.807) is 0 Å².